The molecule has 1 saturated heterocycles. The van der Waals surface area contributed by atoms with Crippen LogP contribution in [0.3, 0.4) is 0 Å². The van der Waals surface area contributed by atoms with Crippen molar-refractivity contribution in [2.24, 2.45) is 0 Å². The minimum atomic E-state index is -0.220. The minimum absolute atomic E-state index is 0.00617. The van der Waals surface area contributed by atoms with Gasteiger partial charge in [-0.1, -0.05) is 15.9 Å². The van der Waals surface area contributed by atoms with Crippen molar-refractivity contribution < 1.29 is 14.3 Å². The lowest BCUT2D eigenvalue weighted by atomic mass is 10.2. The van der Waals surface area contributed by atoms with Crippen LogP contribution < -0.4 is 10.1 Å². The first kappa shape index (κ1) is 15.3. The predicted molar refractivity (Wildman–Crippen MR) is 79.9 cm³/mol. The molecule has 0 saturated carbocycles. The van der Waals surface area contributed by atoms with E-state index in [1.807, 2.05) is 24.3 Å². The zero-order valence-corrected chi connectivity index (χ0v) is 13.1. The molecule has 2 rings (SSSR count). The van der Waals surface area contributed by atoms with Gasteiger partial charge in [-0.3, -0.25) is 9.69 Å². The van der Waals surface area contributed by atoms with Crippen LogP contribution in [0.2, 0.25) is 0 Å². The fourth-order valence-corrected chi connectivity index (χ4v) is 2.39. The number of nitrogens with one attached hydrogen (secondary N) is 1. The van der Waals surface area contributed by atoms with Crippen molar-refractivity contribution in [3.63, 3.8) is 0 Å². The summed E-state index contributed by atoms with van der Waals surface area (Å²) in [6.07, 6.45) is 0. The van der Waals surface area contributed by atoms with Crippen molar-refractivity contribution in [2.45, 2.75) is 6.04 Å². The van der Waals surface area contributed by atoms with Crippen molar-refractivity contribution in [2.75, 3.05) is 40.0 Å². The highest BCUT2D eigenvalue weighted by Gasteiger charge is 2.28. The van der Waals surface area contributed by atoms with E-state index in [0.717, 1.165) is 16.8 Å². The summed E-state index contributed by atoms with van der Waals surface area (Å²) in [6.45, 7) is 3.11. The average molecular weight is 343 g/mol. The van der Waals surface area contributed by atoms with Crippen LogP contribution in [0.1, 0.15) is 0 Å². The molecule has 1 aliphatic rings. The summed E-state index contributed by atoms with van der Waals surface area (Å²) in [5.74, 6) is 0.825. The number of amides is 1. The van der Waals surface area contributed by atoms with Crippen LogP contribution in [0.15, 0.2) is 28.7 Å². The Bertz CT molecular complexity index is 439. The number of ether oxygens (including phenoxy) is 2. The van der Waals surface area contributed by atoms with Gasteiger partial charge >= 0.3 is 0 Å². The highest BCUT2D eigenvalue weighted by molar-refractivity contribution is 9.10. The Morgan fingerprint density at radius 1 is 1.50 bits per heavy atom. The first-order valence-corrected chi connectivity index (χ1v) is 7.42. The normalized spacial score (nSPS) is 19.6. The van der Waals surface area contributed by atoms with Crippen LogP contribution in [0.4, 0.5) is 0 Å². The van der Waals surface area contributed by atoms with Gasteiger partial charge in [0.1, 0.15) is 18.4 Å². The minimum Gasteiger partial charge on any atom is -0.492 e. The molecule has 1 heterocycles. The van der Waals surface area contributed by atoms with E-state index < -0.39 is 0 Å². The third-order valence-electron chi connectivity index (χ3n) is 3.25. The molecule has 0 bridgehead atoms. The molecule has 1 unspecified atom stereocenters. The molecule has 20 heavy (non-hydrogen) atoms. The van der Waals surface area contributed by atoms with Gasteiger partial charge in [0, 0.05) is 24.6 Å². The number of benzene rings is 1. The number of nitrogens with zero attached hydrogens (tertiary/aromatic N) is 1. The van der Waals surface area contributed by atoms with Crippen LogP contribution in [-0.2, 0) is 9.53 Å². The molecule has 5 nitrogen and oxygen atoms in total. The van der Waals surface area contributed by atoms with Gasteiger partial charge in [-0.15, -0.1) is 0 Å². The van der Waals surface area contributed by atoms with E-state index in [1.165, 1.54) is 0 Å². The van der Waals surface area contributed by atoms with Crippen LogP contribution in [0.25, 0.3) is 0 Å². The zero-order chi connectivity index (χ0) is 14.4. The van der Waals surface area contributed by atoms with Gasteiger partial charge in [-0.2, -0.15) is 0 Å². The summed E-state index contributed by atoms with van der Waals surface area (Å²) in [4.78, 5) is 13.9. The molecule has 1 amide bonds. The van der Waals surface area contributed by atoms with Gasteiger partial charge in [-0.25, -0.2) is 0 Å². The topological polar surface area (TPSA) is 50.8 Å². The maximum Gasteiger partial charge on any atom is 0.239 e. The van der Waals surface area contributed by atoms with Crippen molar-refractivity contribution in [1.82, 2.24) is 10.2 Å². The molecular weight excluding hydrogens is 324 g/mol. The average Bonchev–Trinajstić information content (AvgIpc) is 2.49. The lowest BCUT2D eigenvalue weighted by Gasteiger charge is -2.33. The van der Waals surface area contributed by atoms with Gasteiger partial charge in [0.2, 0.25) is 5.91 Å². The molecule has 0 aromatic heterocycles. The molecule has 0 radical (unpaired) electrons. The summed E-state index contributed by atoms with van der Waals surface area (Å²) in [5, 5.41) is 2.67. The van der Waals surface area contributed by atoms with Crippen LogP contribution in [0.5, 0.6) is 5.75 Å². The van der Waals surface area contributed by atoms with Gasteiger partial charge in [-0.05, 0) is 24.3 Å². The molecule has 110 valence electrons. The highest BCUT2D eigenvalue weighted by atomic mass is 79.9. The molecule has 1 aliphatic heterocycles. The Morgan fingerprint density at radius 3 is 2.95 bits per heavy atom. The fourth-order valence-electron chi connectivity index (χ4n) is 2.13. The van der Waals surface area contributed by atoms with Crippen molar-refractivity contribution in [3.05, 3.63) is 28.7 Å². The molecule has 1 fully saturated rings. The predicted octanol–water partition coefficient (Wildman–Crippen LogP) is 1.27. The van der Waals surface area contributed by atoms with E-state index in [4.69, 9.17) is 9.47 Å². The lowest BCUT2D eigenvalue weighted by Crippen LogP contribution is -2.54. The van der Waals surface area contributed by atoms with Crippen LogP contribution in [0, 0.1) is 0 Å². The lowest BCUT2D eigenvalue weighted by molar-refractivity contribution is -0.132. The van der Waals surface area contributed by atoms with E-state index in [9.17, 15) is 4.79 Å². The third kappa shape index (κ3) is 4.19. The standard InChI is InChI=1S/C14H19BrN2O3/c1-16-14(18)13-10-19-8-6-17(13)7-9-20-12-4-2-11(15)3-5-12/h2-5,13H,6-10H2,1H3,(H,16,18). The number of carbonyl (C=O) groups is 1. The van der Waals surface area contributed by atoms with E-state index in [2.05, 4.69) is 26.1 Å². The molecule has 0 aliphatic carbocycles. The number of hydrogen-bond acceptors (Lipinski definition) is 4. The van der Waals surface area contributed by atoms with Crippen LogP contribution in [-0.4, -0.2) is 56.8 Å². The Balaban J connectivity index is 1.82. The zero-order valence-electron chi connectivity index (χ0n) is 11.5. The van der Waals surface area contributed by atoms with Gasteiger partial charge < -0.3 is 14.8 Å². The fraction of sp³-hybridized carbons (Fsp3) is 0.500. The maximum atomic E-state index is 11.8. The molecule has 0 spiro atoms. The highest BCUT2D eigenvalue weighted by Crippen LogP contribution is 2.16. The third-order valence-corrected chi connectivity index (χ3v) is 3.78. The van der Waals surface area contributed by atoms with Crippen molar-refractivity contribution in [3.8, 4) is 5.75 Å². The Kier molecular flexibility index (Phi) is 5.82. The second-order valence-electron chi connectivity index (χ2n) is 4.54. The molecular formula is C14H19BrN2O3. The summed E-state index contributed by atoms with van der Waals surface area (Å²) in [6, 6.07) is 7.50. The summed E-state index contributed by atoms with van der Waals surface area (Å²) >= 11 is 3.39. The maximum absolute atomic E-state index is 11.8. The van der Waals surface area contributed by atoms with Crippen LogP contribution >= 0.6 is 15.9 Å². The monoisotopic (exact) mass is 342 g/mol. The second kappa shape index (κ2) is 7.61. The number of hydrogen-bond donors (Lipinski definition) is 1. The number of carbonyl (C=O) groups excluding carboxylic acids is 1. The smallest absolute Gasteiger partial charge is 0.239 e. The molecule has 1 N–H and O–H groups in total. The van der Waals surface area contributed by atoms with E-state index in [-0.39, 0.29) is 11.9 Å². The first-order valence-electron chi connectivity index (χ1n) is 6.62. The van der Waals surface area contributed by atoms with E-state index in [0.29, 0.717) is 26.4 Å². The first-order chi connectivity index (χ1) is 9.70. The quantitative estimate of drug-likeness (QED) is 0.875. The Morgan fingerprint density at radius 2 is 2.25 bits per heavy atom. The Labute approximate surface area is 127 Å². The largest absolute Gasteiger partial charge is 0.492 e. The number of rotatable bonds is 5. The number of likely N-dealkylation sites (N-methyl/N-ethyl adjacent to an activating group) is 1. The van der Waals surface area contributed by atoms with Gasteiger partial charge in [0.15, 0.2) is 0 Å². The molecule has 1 aromatic carbocycles. The second-order valence-corrected chi connectivity index (χ2v) is 5.46. The Hall–Kier alpha value is -1.11. The summed E-state index contributed by atoms with van der Waals surface area (Å²) in [5.41, 5.74) is 0. The number of halogens is 1. The summed E-state index contributed by atoms with van der Waals surface area (Å²) < 4.78 is 12.1. The molecule has 6 heteroatoms. The van der Waals surface area contributed by atoms with Crippen molar-refractivity contribution in [1.29, 1.82) is 0 Å². The SMILES string of the molecule is CNC(=O)C1COCCN1CCOc1ccc(Br)cc1. The summed E-state index contributed by atoms with van der Waals surface area (Å²) in [7, 11) is 1.65. The number of morpholine rings is 1. The van der Waals surface area contributed by atoms with Crippen molar-refractivity contribution >= 4 is 21.8 Å². The van der Waals surface area contributed by atoms with Gasteiger partial charge in [0.25, 0.3) is 0 Å². The van der Waals surface area contributed by atoms with Gasteiger partial charge in [0.05, 0.1) is 13.2 Å². The molecule has 1 atom stereocenters. The van der Waals surface area contributed by atoms with E-state index >= 15 is 0 Å². The molecule has 1 aromatic rings. The van der Waals surface area contributed by atoms with E-state index in [1.54, 1.807) is 7.05 Å².